The summed E-state index contributed by atoms with van der Waals surface area (Å²) in [5.41, 5.74) is 4.75. The SMILES string of the molecule is CCC(CC)(NC(=O)c1cc(Cl)c(N)cc1OC)C(=O)O. The van der Waals surface area contributed by atoms with Crippen LogP contribution >= 0.6 is 11.6 Å². The third kappa shape index (κ3) is 3.39. The number of halogens is 1. The second kappa shape index (κ2) is 6.67. The van der Waals surface area contributed by atoms with Crippen LogP contribution in [-0.2, 0) is 4.79 Å². The number of carboxylic acids is 1. The van der Waals surface area contributed by atoms with Crippen molar-refractivity contribution in [3.63, 3.8) is 0 Å². The number of amides is 1. The molecule has 0 saturated heterocycles. The molecule has 116 valence electrons. The molecule has 0 aromatic heterocycles. The summed E-state index contributed by atoms with van der Waals surface area (Å²) >= 11 is 5.91. The molecule has 0 aliphatic carbocycles. The van der Waals surface area contributed by atoms with Gasteiger partial charge in [-0.2, -0.15) is 0 Å². The fraction of sp³-hybridized carbons (Fsp3) is 0.429. The number of carbonyl (C=O) groups is 2. The summed E-state index contributed by atoms with van der Waals surface area (Å²) in [5.74, 6) is -1.41. The van der Waals surface area contributed by atoms with E-state index in [4.69, 9.17) is 22.1 Å². The summed E-state index contributed by atoms with van der Waals surface area (Å²) in [6, 6.07) is 2.79. The molecular formula is C14H19ClN2O4. The molecule has 0 fully saturated rings. The molecular weight excluding hydrogens is 296 g/mol. The number of benzene rings is 1. The summed E-state index contributed by atoms with van der Waals surface area (Å²) in [6.07, 6.45) is 0.519. The van der Waals surface area contributed by atoms with Gasteiger partial charge in [0.05, 0.1) is 23.4 Å². The highest BCUT2D eigenvalue weighted by Gasteiger charge is 2.37. The minimum absolute atomic E-state index is 0.143. The number of ether oxygens (including phenoxy) is 1. The molecule has 0 aliphatic rings. The Morgan fingerprint density at radius 1 is 1.38 bits per heavy atom. The first-order valence-corrected chi connectivity index (χ1v) is 6.88. The van der Waals surface area contributed by atoms with Gasteiger partial charge in [-0.25, -0.2) is 4.79 Å². The molecule has 0 heterocycles. The number of hydrogen-bond acceptors (Lipinski definition) is 4. The van der Waals surface area contributed by atoms with Gasteiger partial charge in [0.25, 0.3) is 5.91 Å². The Kier molecular flexibility index (Phi) is 5.43. The second-order valence-corrected chi connectivity index (χ2v) is 5.03. The Morgan fingerprint density at radius 2 is 1.95 bits per heavy atom. The fourth-order valence-electron chi connectivity index (χ4n) is 1.98. The fourth-order valence-corrected chi connectivity index (χ4v) is 2.15. The average molecular weight is 315 g/mol. The Labute approximate surface area is 128 Å². The molecule has 1 aromatic rings. The Balaban J connectivity index is 3.20. The predicted molar refractivity (Wildman–Crippen MR) is 80.8 cm³/mol. The highest BCUT2D eigenvalue weighted by atomic mass is 35.5. The largest absolute Gasteiger partial charge is 0.496 e. The standard InChI is InChI=1S/C14H19ClN2O4/c1-4-14(5-2,13(19)20)17-12(18)8-6-9(15)10(16)7-11(8)21-3/h6-7H,4-5,16H2,1-3H3,(H,17,18)(H,19,20). The van der Waals surface area contributed by atoms with Crippen LogP contribution in [0.4, 0.5) is 5.69 Å². The summed E-state index contributed by atoms with van der Waals surface area (Å²) < 4.78 is 5.10. The normalized spacial score (nSPS) is 11.0. The zero-order chi connectivity index (χ0) is 16.2. The van der Waals surface area contributed by atoms with E-state index in [2.05, 4.69) is 5.32 Å². The van der Waals surface area contributed by atoms with Crippen molar-refractivity contribution in [1.29, 1.82) is 0 Å². The van der Waals surface area contributed by atoms with Crippen LogP contribution in [0.2, 0.25) is 5.02 Å². The molecule has 4 N–H and O–H groups in total. The molecule has 1 aromatic carbocycles. The van der Waals surface area contributed by atoms with E-state index in [1.54, 1.807) is 13.8 Å². The number of carbonyl (C=O) groups excluding carboxylic acids is 1. The Morgan fingerprint density at radius 3 is 2.38 bits per heavy atom. The number of nitrogens with one attached hydrogen (secondary N) is 1. The number of nitrogen functional groups attached to an aromatic ring is 1. The summed E-state index contributed by atoms with van der Waals surface area (Å²) in [5, 5.41) is 12.1. The van der Waals surface area contributed by atoms with E-state index in [1.807, 2.05) is 0 Å². The van der Waals surface area contributed by atoms with Crippen LogP contribution in [0.1, 0.15) is 37.0 Å². The van der Waals surface area contributed by atoms with Crippen molar-refractivity contribution in [3.8, 4) is 5.75 Å². The first kappa shape index (κ1) is 17.1. The molecule has 0 radical (unpaired) electrons. The molecule has 0 saturated carbocycles. The van der Waals surface area contributed by atoms with Crippen LogP contribution < -0.4 is 15.8 Å². The molecule has 1 amide bonds. The monoisotopic (exact) mass is 314 g/mol. The van der Waals surface area contributed by atoms with E-state index >= 15 is 0 Å². The first-order valence-electron chi connectivity index (χ1n) is 6.50. The van der Waals surface area contributed by atoms with Crippen molar-refractivity contribution < 1.29 is 19.4 Å². The van der Waals surface area contributed by atoms with Gasteiger partial charge in [-0.15, -0.1) is 0 Å². The lowest BCUT2D eigenvalue weighted by atomic mass is 9.92. The van der Waals surface area contributed by atoms with Gasteiger partial charge in [0.15, 0.2) is 0 Å². The van der Waals surface area contributed by atoms with Crippen molar-refractivity contribution >= 4 is 29.2 Å². The molecule has 0 spiro atoms. The topological polar surface area (TPSA) is 102 Å². The molecule has 0 aliphatic heterocycles. The van der Waals surface area contributed by atoms with E-state index in [0.717, 1.165) is 0 Å². The zero-order valence-electron chi connectivity index (χ0n) is 12.2. The number of rotatable bonds is 6. The van der Waals surface area contributed by atoms with Gasteiger partial charge in [-0.1, -0.05) is 25.4 Å². The highest BCUT2D eigenvalue weighted by Crippen LogP contribution is 2.29. The Bertz CT molecular complexity index is 556. The van der Waals surface area contributed by atoms with E-state index in [-0.39, 0.29) is 34.9 Å². The number of methoxy groups -OCH3 is 1. The van der Waals surface area contributed by atoms with Gasteiger partial charge >= 0.3 is 5.97 Å². The number of hydrogen-bond donors (Lipinski definition) is 3. The van der Waals surface area contributed by atoms with Crippen molar-refractivity contribution in [2.75, 3.05) is 12.8 Å². The van der Waals surface area contributed by atoms with Crippen molar-refractivity contribution in [1.82, 2.24) is 5.32 Å². The lowest BCUT2D eigenvalue weighted by molar-refractivity contribution is -0.144. The number of carboxylic acid groups (broad SMARTS) is 1. The van der Waals surface area contributed by atoms with Crippen LogP contribution in [-0.4, -0.2) is 29.6 Å². The van der Waals surface area contributed by atoms with E-state index < -0.39 is 17.4 Å². The lowest BCUT2D eigenvalue weighted by Crippen LogP contribution is -2.53. The highest BCUT2D eigenvalue weighted by molar-refractivity contribution is 6.33. The van der Waals surface area contributed by atoms with Crippen molar-refractivity contribution in [3.05, 3.63) is 22.7 Å². The van der Waals surface area contributed by atoms with Crippen LogP contribution in [0, 0.1) is 0 Å². The Hall–Kier alpha value is -1.95. The number of nitrogens with two attached hydrogens (primary N) is 1. The summed E-state index contributed by atoms with van der Waals surface area (Å²) in [7, 11) is 1.39. The minimum Gasteiger partial charge on any atom is -0.496 e. The number of aliphatic carboxylic acids is 1. The zero-order valence-corrected chi connectivity index (χ0v) is 13.0. The van der Waals surface area contributed by atoms with Crippen LogP contribution in [0.3, 0.4) is 0 Å². The maximum atomic E-state index is 12.4. The van der Waals surface area contributed by atoms with Crippen LogP contribution in [0.25, 0.3) is 0 Å². The molecule has 7 heteroatoms. The third-order valence-corrected chi connectivity index (χ3v) is 3.86. The second-order valence-electron chi connectivity index (χ2n) is 4.62. The van der Waals surface area contributed by atoms with E-state index in [0.29, 0.717) is 0 Å². The van der Waals surface area contributed by atoms with Crippen molar-refractivity contribution in [2.24, 2.45) is 0 Å². The molecule has 0 bridgehead atoms. The van der Waals surface area contributed by atoms with E-state index in [1.165, 1.54) is 19.2 Å². The van der Waals surface area contributed by atoms with Crippen molar-refractivity contribution in [2.45, 2.75) is 32.2 Å². The van der Waals surface area contributed by atoms with Crippen LogP contribution in [0.5, 0.6) is 5.75 Å². The summed E-state index contributed by atoms with van der Waals surface area (Å²) in [4.78, 5) is 23.8. The molecule has 21 heavy (non-hydrogen) atoms. The lowest BCUT2D eigenvalue weighted by Gasteiger charge is -2.28. The van der Waals surface area contributed by atoms with Gasteiger partial charge < -0.3 is 20.9 Å². The maximum Gasteiger partial charge on any atom is 0.329 e. The molecule has 1 rings (SSSR count). The van der Waals surface area contributed by atoms with Gasteiger partial charge in [0.2, 0.25) is 0 Å². The summed E-state index contributed by atoms with van der Waals surface area (Å²) in [6.45, 7) is 3.40. The van der Waals surface area contributed by atoms with Gasteiger partial charge in [0.1, 0.15) is 11.3 Å². The van der Waals surface area contributed by atoms with Gasteiger partial charge in [0, 0.05) is 6.07 Å². The van der Waals surface area contributed by atoms with Gasteiger partial charge in [-0.05, 0) is 18.9 Å². The maximum absolute atomic E-state index is 12.4. The minimum atomic E-state index is -1.32. The van der Waals surface area contributed by atoms with Gasteiger partial charge in [-0.3, -0.25) is 4.79 Å². The first-order chi connectivity index (χ1) is 9.81. The molecule has 6 nitrogen and oxygen atoms in total. The predicted octanol–water partition coefficient (Wildman–Crippen LogP) is 2.30. The molecule has 0 unspecified atom stereocenters. The average Bonchev–Trinajstić information content (AvgIpc) is 2.46. The quantitative estimate of drug-likeness (QED) is 0.699. The molecule has 0 atom stereocenters. The smallest absolute Gasteiger partial charge is 0.329 e. The third-order valence-electron chi connectivity index (χ3n) is 3.53. The number of anilines is 1. The van der Waals surface area contributed by atoms with E-state index in [9.17, 15) is 14.7 Å². The van der Waals surface area contributed by atoms with Crippen LogP contribution in [0.15, 0.2) is 12.1 Å².